The second-order valence-electron chi connectivity index (χ2n) is 12.4. The number of aliphatic hydroxyl groups is 1. The second-order valence-corrected chi connectivity index (χ2v) is 12.4. The van der Waals surface area contributed by atoms with E-state index in [9.17, 15) is 15.1 Å². The van der Waals surface area contributed by atoms with Crippen LogP contribution in [0.15, 0.2) is 52.3 Å². The number of esters is 1. The lowest BCUT2D eigenvalue weighted by atomic mass is 9.71. The minimum absolute atomic E-state index is 0.0431. The molecule has 39 heavy (non-hydrogen) atoms. The number of fused-ring (bicyclic) bond motifs is 2. The van der Waals surface area contributed by atoms with Gasteiger partial charge in [0.15, 0.2) is 5.79 Å². The quantitative estimate of drug-likeness (QED) is 0.192. The van der Waals surface area contributed by atoms with Gasteiger partial charge in [-0.3, -0.25) is 4.79 Å². The summed E-state index contributed by atoms with van der Waals surface area (Å²) in [5, 5.41) is 25.2. The van der Waals surface area contributed by atoms with Crippen molar-refractivity contribution in [3.8, 4) is 0 Å². The molecule has 8 nitrogen and oxygen atoms in total. The standard InChI is InChI=1S/C31H43NO7/c1-18-7-6-8-23-17-36-28-27(32-35)21(4)14-26(31(23,28)34)29(33)37-25-15-24(10-9-19(2)13-18)39-30(16-25)12-11-20(3)22(5)38-30/h6-9,14,18,20,22,24-26,28,34-35H,10-13,15-17H2,1-5H3/b7-6+,19-9+,23-8?,32-27+/t18-,20-,22+,24+,25-,26-,28+,30-,31+/m0/s1. The maximum atomic E-state index is 13.9. The lowest BCUT2D eigenvalue weighted by Crippen LogP contribution is -2.57. The molecular weight excluding hydrogens is 498 g/mol. The third-order valence-corrected chi connectivity index (χ3v) is 9.25. The molecule has 2 N–H and O–H groups in total. The van der Waals surface area contributed by atoms with Crippen LogP contribution in [-0.4, -0.2) is 64.4 Å². The molecule has 0 aromatic rings. The van der Waals surface area contributed by atoms with Crippen molar-refractivity contribution < 1.29 is 34.1 Å². The maximum absolute atomic E-state index is 13.9. The molecule has 1 spiro atoms. The first-order valence-corrected chi connectivity index (χ1v) is 14.4. The maximum Gasteiger partial charge on any atom is 0.316 e. The fourth-order valence-corrected chi connectivity index (χ4v) is 6.85. The Balaban J connectivity index is 1.53. The molecule has 4 aliphatic heterocycles. The van der Waals surface area contributed by atoms with E-state index in [1.54, 1.807) is 13.0 Å². The zero-order chi connectivity index (χ0) is 27.9. The van der Waals surface area contributed by atoms with Crippen molar-refractivity contribution in [2.75, 3.05) is 6.61 Å². The smallest absolute Gasteiger partial charge is 0.316 e. The van der Waals surface area contributed by atoms with Gasteiger partial charge >= 0.3 is 5.97 Å². The second kappa shape index (κ2) is 11.0. The van der Waals surface area contributed by atoms with Crippen LogP contribution in [0.2, 0.25) is 0 Å². The Morgan fingerprint density at radius 1 is 1.13 bits per heavy atom. The molecule has 5 aliphatic rings. The van der Waals surface area contributed by atoms with E-state index in [0.717, 1.165) is 19.3 Å². The first kappa shape index (κ1) is 28.3. The summed E-state index contributed by atoms with van der Waals surface area (Å²) in [7, 11) is 0. The molecule has 0 aromatic carbocycles. The van der Waals surface area contributed by atoms with Gasteiger partial charge in [-0.1, -0.05) is 55.0 Å². The van der Waals surface area contributed by atoms with Crippen molar-refractivity contribution in [3.63, 3.8) is 0 Å². The topological polar surface area (TPSA) is 107 Å². The molecule has 9 atom stereocenters. The van der Waals surface area contributed by atoms with E-state index in [1.807, 2.05) is 12.2 Å². The number of hydrogen-bond donors (Lipinski definition) is 2. The fourth-order valence-electron chi connectivity index (χ4n) is 6.85. The molecule has 0 saturated carbocycles. The Kier molecular flexibility index (Phi) is 7.94. The van der Waals surface area contributed by atoms with Crippen LogP contribution in [0.25, 0.3) is 0 Å². The van der Waals surface area contributed by atoms with Crippen molar-refractivity contribution in [1.29, 1.82) is 0 Å². The van der Waals surface area contributed by atoms with E-state index in [2.05, 4.69) is 45.0 Å². The van der Waals surface area contributed by atoms with E-state index in [0.29, 0.717) is 36.3 Å². The van der Waals surface area contributed by atoms with Gasteiger partial charge in [0.05, 0.1) is 18.8 Å². The molecule has 0 unspecified atom stereocenters. The summed E-state index contributed by atoms with van der Waals surface area (Å²) in [5.74, 6) is -1.62. The molecule has 0 aromatic heterocycles. The molecule has 2 bridgehead atoms. The number of nitrogens with zero attached hydrogens (tertiary/aromatic N) is 1. The van der Waals surface area contributed by atoms with Gasteiger partial charge in [0, 0.05) is 19.3 Å². The van der Waals surface area contributed by atoms with Crippen LogP contribution in [0.4, 0.5) is 0 Å². The van der Waals surface area contributed by atoms with Gasteiger partial charge in [-0.2, -0.15) is 0 Å². The number of rotatable bonds is 0. The van der Waals surface area contributed by atoms with Gasteiger partial charge < -0.3 is 29.3 Å². The largest absolute Gasteiger partial charge is 0.462 e. The Bertz CT molecular complexity index is 1120. The molecule has 0 radical (unpaired) electrons. The molecule has 3 saturated heterocycles. The zero-order valence-corrected chi connectivity index (χ0v) is 23.8. The number of allylic oxidation sites excluding steroid dienone is 4. The minimum atomic E-state index is -1.72. The predicted molar refractivity (Wildman–Crippen MR) is 146 cm³/mol. The van der Waals surface area contributed by atoms with E-state index < -0.39 is 35.5 Å². The van der Waals surface area contributed by atoms with Crippen molar-refractivity contribution in [2.45, 2.75) is 109 Å². The van der Waals surface area contributed by atoms with Crippen LogP contribution >= 0.6 is 0 Å². The number of oxime groups is 1. The minimum Gasteiger partial charge on any atom is -0.462 e. The van der Waals surface area contributed by atoms with Gasteiger partial charge in [0.1, 0.15) is 29.4 Å². The van der Waals surface area contributed by atoms with Crippen molar-refractivity contribution >= 4 is 11.7 Å². The summed E-state index contributed by atoms with van der Waals surface area (Å²) in [6.45, 7) is 10.4. The van der Waals surface area contributed by atoms with Crippen LogP contribution in [-0.2, 0) is 23.7 Å². The normalized spacial score (nSPS) is 46.5. The molecule has 8 heteroatoms. The van der Waals surface area contributed by atoms with Crippen LogP contribution in [0, 0.1) is 17.8 Å². The van der Waals surface area contributed by atoms with Gasteiger partial charge in [0.25, 0.3) is 0 Å². The fraction of sp³-hybridized carbons (Fsp3) is 0.677. The van der Waals surface area contributed by atoms with E-state index in [1.165, 1.54) is 5.57 Å². The summed E-state index contributed by atoms with van der Waals surface area (Å²) in [4.78, 5) is 13.9. The number of ether oxygens (including phenoxy) is 4. The number of carbonyl (C=O) groups is 1. The lowest BCUT2D eigenvalue weighted by Gasteiger charge is -2.49. The first-order valence-electron chi connectivity index (χ1n) is 14.4. The molecule has 0 amide bonds. The SMILES string of the molecule is CC1=C[C@H]2C(=O)O[C@H]3C[C@@H](C/C=C(\C)C[C@@H](C)/C=C/C=C4CO[C@H](/C1=N/O)[C@@]42O)O[C@@]1(CC[C@H](C)[C@@H](C)O1)C3. The number of carbonyl (C=O) groups excluding carboxylic acids is 1. The Labute approximate surface area is 231 Å². The van der Waals surface area contributed by atoms with E-state index in [4.69, 9.17) is 18.9 Å². The van der Waals surface area contributed by atoms with Crippen LogP contribution in [0.5, 0.6) is 0 Å². The highest BCUT2D eigenvalue weighted by molar-refractivity contribution is 6.06. The third kappa shape index (κ3) is 5.41. The van der Waals surface area contributed by atoms with Crippen molar-refractivity contribution in [3.05, 3.63) is 47.1 Å². The predicted octanol–water partition coefficient (Wildman–Crippen LogP) is 5.00. The Morgan fingerprint density at radius 2 is 1.92 bits per heavy atom. The average Bonchev–Trinajstić information content (AvgIpc) is 3.21. The van der Waals surface area contributed by atoms with E-state index >= 15 is 0 Å². The van der Waals surface area contributed by atoms with Gasteiger partial charge in [-0.25, -0.2) is 0 Å². The zero-order valence-electron chi connectivity index (χ0n) is 23.8. The molecule has 214 valence electrons. The van der Waals surface area contributed by atoms with Gasteiger partial charge in [-0.05, 0) is 63.0 Å². The summed E-state index contributed by atoms with van der Waals surface area (Å²) in [6.07, 6.45) is 12.6. The van der Waals surface area contributed by atoms with Crippen LogP contribution in [0.1, 0.15) is 73.1 Å². The molecule has 3 fully saturated rings. The van der Waals surface area contributed by atoms with Crippen molar-refractivity contribution in [2.24, 2.45) is 22.9 Å². The average molecular weight is 542 g/mol. The third-order valence-electron chi connectivity index (χ3n) is 9.25. The Hall–Kier alpha value is -2.26. The van der Waals surface area contributed by atoms with Crippen molar-refractivity contribution in [1.82, 2.24) is 0 Å². The van der Waals surface area contributed by atoms with Crippen LogP contribution < -0.4 is 0 Å². The molecule has 1 aliphatic carbocycles. The lowest BCUT2D eigenvalue weighted by molar-refractivity contribution is -0.332. The van der Waals surface area contributed by atoms with Crippen LogP contribution in [0.3, 0.4) is 0 Å². The molecular formula is C31H43NO7. The highest BCUT2D eigenvalue weighted by Crippen LogP contribution is 2.46. The molecule has 5 rings (SSSR count). The van der Waals surface area contributed by atoms with Gasteiger partial charge in [0.2, 0.25) is 0 Å². The first-order chi connectivity index (χ1) is 18.5. The highest BCUT2D eigenvalue weighted by atomic mass is 16.7. The molecule has 4 heterocycles. The summed E-state index contributed by atoms with van der Waals surface area (Å²) in [6, 6.07) is 0. The van der Waals surface area contributed by atoms with Gasteiger partial charge in [-0.15, -0.1) is 0 Å². The summed E-state index contributed by atoms with van der Waals surface area (Å²) < 4.78 is 25.3. The van der Waals surface area contributed by atoms with E-state index in [-0.39, 0.29) is 30.4 Å². The number of hydrogen-bond acceptors (Lipinski definition) is 8. The monoisotopic (exact) mass is 541 g/mol. The summed E-state index contributed by atoms with van der Waals surface area (Å²) >= 11 is 0. The Morgan fingerprint density at radius 3 is 2.67 bits per heavy atom. The highest BCUT2D eigenvalue weighted by Gasteiger charge is 2.59. The summed E-state index contributed by atoms with van der Waals surface area (Å²) in [5.41, 5.74) is 0.916.